The summed E-state index contributed by atoms with van der Waals surface area (Å²) in [5.74, 6) is 0.761. The molecule has 0 aliphatic heterocycles. The van der Waals surface area contributed by atoms with Gasteiger partial charge in [0.05, 0.1) is 16.6 Å². The molecule has 0 N–H and O–H groups in total. The number of nitrogens with zero attached hydrogens (tertiary/aromatic N) is 2. The molecule has 0 atom stereocenters. The van der Waals surface area contributed by atoms with E-state index in [1.165, 1.54) is 5.56 Å². The molecule has 0 saturated carbocycles. The van der Waals surface area contributed by atoms with Crippen LogP contribution in [-0.4, -0.2) is 9.55 Å². The molecule has 1 heterocycles. The van der Waals surface area contributed by atoms with Crippen molar-refractivity contribution in [1.82, 2.24) is 9.55 Å². The predicted octanol–water partition coefficient (Wildman–Crippen LogP) is 4.99. The fourth-order valence-electron chi connectivity index (χ4n) is 2.93. The van der Waals surface area contributed by atoms with Crippen molar-refractivity contribution in [3.8, 4) is 5.69 Å². The minimum Gasteiger partial charge on any atom is -0.268 e. The van der Waals surface area contributed by atoms with E-state index < -0.39 is 0 Å². The Balaban J connectivity index is 1.86. The monoisotopic (exact) mass is 358 g/mol. The number of rotatable bonds is 4. The lowest BCUT2D eigenvalue weighted by Gasteiger charge is -2.13. The average molecular weight is 358 g/mol. The molecule has 4 heteroatoms. The van der Waals surface area contributed by atoms with Gasteiger partial charge in [0, 0.05) is 5.75 Å². The molecular weight excluding hydrogens is 340 g/mol. The molecule has 0 aliphatic rings. The lowest BCUT2D eigenvalue weighted by Crippen LogP contribution is -2.21. The van der Waals surface area contributed by atoms with Gasteiger partial charge in [-0.3, -0.25) is 9.36 Å². The average Bonchev–Trinajstić information content (AvgIpc) is 2.67. The number of hydrogen-bond donors (Lipinski definition) is 0. The van der Waals surface area contributed by atoms with Gasteiger partial charge in [0.1, 0.15) is 0 Å². The van der Waals surface area contributed by atoms with Gasteiger partial charge in [-0.2, -0.15) is 0 Å². The first-order chi connectivity index (χ1) is 12.7. The molecule has 0 spiro atoms. The molecule has 4 rings (SSSR count). The molecule has 3 aromatic carbocycles. The van der Waals surface area contributed by atoms with Gasteiger partial charge in [0.2, 0.25) is 0 Å². The number of fused-ring (bicyclic) bond motifs is 1. The number of hydrogen-bond acceptors (Lipinski definition) is 3. The number of aromatic nitrogens is 2. The van der Waals surface area contributed by atoms with Crippen LogP contribution in [0.25, 0.3) is 16.6 Å². The maximum Gasteiger partial charge on any atom is 0.266 e. The molecule has 0 saturated heterocycles. The first-order valence-electron chi connectivity index (χ1n) is 8.48. The SMILES string of the molecule is Cc1cccc(-n2c(SCc3ccccc3)nc3ccccc3c2=O)c1. The summed E-state index contributed by atoms with van der Waals surface area (Å²) in [6.45, 7) is 2.03. The standard InChI is InChI=1S/C22H18N2OS/c1-16-8-7-11-18(14-16)24-21(25)19-12-5-6-13-20(19)23-22(24)26-15-17-9-3-2-4-10-17/h2-14H,15H2,1H3. The van der Waals surface area contributed by atoms with Gasteiger partial charge in [-0.05, 0) is 42.3 Å². The van der Waals surface area contributed by atoms with E-state index in [1.807, 2.05) is 73.7 Å². The summed E-state index contributed by atoms with van der Waals surface area (Å²) in [5.41, 5.74) is 3.87. The van der Waals surface area contributed by atoms with Crippen LogP contribution < -0.4 is 5.56 Å². The third kappa shape index (κ3) is 3.28. The van der Waals surface area contributed by atoms with Crippen molar-refractivity contribution in [1.29, 1.82) is 0 Å². The Morgan fingerprint density at radius 1 is 0.923 bits per heavy atom. The molecule has 0 aliphatic carbocycles. The highest BCUT2D eigenvalue weighted by Gasteiger charge is 2.13. The zero-order chi connectivity index (χ0) is 17.9. The summed E-state index contributed by atoms with van der Waals surface area (Å²) in [6.07, 6.45) is 0. The number of para-hydroxylation sites is 1. The zero-order valence-electron chi connectivity index (χ0n) is 14.4. The van der Waals surface area contributed by atoms with Crippen LogP contribution in [0.4, 0.5) is 0 Å². The van der Waals surface area contributed by atoms with E-state index >= 15 is 0 Å². The number of benzene rings is 3. The summed E-state index contributed by atoms with van der Waals surface area (Å²) in [4.78, 5) is 18.0. The Bertz CT molecular complexity index is 1120. The third-order valence-electron chi connectivity index (χ3n) is 4.22. The minimum atomic E-state index is -0.0308. The Labute approximate surface area is 156 Å². The van der Waals surface area contributed by atoms with Gasteiger partial charge < -0.3 is 0 Å². The third-order valence-corrected chi connectivity index (χ3v) is 5.23. The predicted molar refractivity (Wildman–Crippen MR) is 108 cm³/mol. The highest BCUT2D eigenvalue weighted by molar-refractivity contribution is 7.98. The molecule has 0 amide bonds. The Kier molecular flexibility index (Phi) is 4.59. The van der Waals surface area contributed by atoms with Crippen LogP contribution in [0.2, 0.25) is 0 Å². The second kappa shape index (κ2) is 7.18. The summed E-state index contributed by atoms with van der Waals surface area (Å²) in [7, 11) is 0. The van der Waals surface area contributed by atoms with Crippen molar-refractivity contribution in [3.05, 3.63) is 100 Å². The second-order valence-electron chi connectivity index (χ2n) is 6.17. The molecule has 26 heavy (non-hydrogen) atoms. The zero-order valence-corrected chi connectivity index (χ0v) is 15.2. The Morgan fingerprint density at radius 2 is 1.69 bits per heavy atom. The van der Waals surface area contributed by atoms with Gasteiger partial charge >= 0.3 is 0 Å². The topological polar surface area (TPSA) is 34.9 Å². The van der Waals surface area contributed by atoms with Crippen LogP contribution in [0, 0.1) is 6.92 Å². The second-order valence-corrected chi connectivity index (χ2v) is 7.11. The first kappa shape index (κ1) is 16.6. The molecule has 0 radical (unpaired) electrons. The molecule has 3 nitrogen and oxygen atoms in total. The summed E-state index contributed by atoms with van der Waals surface area (Å²) >= 11 is 1.58. The molecule has 0 bridgehead atoms. The van der Waals surface area contributed by atoms with Crippen molar-refractivity contribution in [2.45, 2.75) is 17.8 Å². The molecule has 0 unspecified atom stereocenters. The molecular formula is C22H18N2OS. The number of aryl methyl sites for hydroxylation is 1. The Hall–Kier alpha value is -2.85. The smallest absolute Gasteiger partial charge is 0.266 e. The quantitative estimate of drug-likeness (QED) is 0.381. The van der Waals surface area contributed by atoms with Gasteiger partial charge in [0.15, 0.2) is 5.16 Å². The van der Waals surface area contributed by atoms with Gasteiger partial charge in [-0.25, -0.2) is 4.98 Å². The van der Waals surface area contributed by atoms with Crippen LogP contribution in [-0.2, 0) is 5.75 Å². The lowest BCUT2D eigenvalue weighted by atomic mass is 10.2. The maximum atomic E-state index is 13.2. The van der Waals surface area contributed by atoms with E-state index in [9.17, 15) is 4.79 Å². The normalized spacial score (nSPS) is 11.0. The van der Waals surface area contributed by atoms with Crippen LogP contribution in [0.1, 0.15) is 11.1 Å². The van der Waals surface area contributed by atoms with E-state index in [4.69, 9.17) is 4.98 Å². The molecule has 4 aromatic rings. The van der Waals surface area contributed by atoms with Crippen molar-refractivity contribution in [2.75, 3.05) is 0 Å². The first-order valence-corrected chi connectivity index (χ1v) is 9.46. The largest absolute Gasteiger partial charge is 0.268 e. The van der Waals surface area contributed by atoms with Crippen molar-refractivity contribution in [3.63, 3.8) is 0 Å². The number of thioether (sulfide) groups is 1. The van der Waals surface area contributed by atoms with Gasteiger partial charge in [0.25, 0.3) is 5.56 Å². The summed E-state index contributed by atoms with van der Waals surface area (Å²) < 4.78 is 1.73. The minimum absolute atomic E-state index is 0.0308. The Morgan fingerprint density at radius 3 is 2.50 bits per heavy atom. The summed E-state index contributed by atoms with van der Waals surface area (Å²) in [6, 6.07) is 25.7. The summed E-state index contributed by atoms with van der Waals surface area (Å²) in [5, 5.41) is 1.35. The maximum absolute atomic E-state index is 13.2. The van der Waals surface area contributed by atoms with Crippen molar-refractivity contribution < 1.29 is 0 Å². The van der Waals surface area contributed by atoms with E-state index in [0.717, 1.165) is 22.5 Å². The van der Waals surface area contributed by atoms with Crippen LogP contribution in [0.3, 0.4) is 0 Å². The van der Waals surface area contributed by atoms with Crippen molar-refractivity contribution >= 4 is 22.7 Å². The molecule has 1 aromatic heterocycles. The van der Waals surface area contributed by atoms with E-state index in [0.29, 0.717) is 10.5 Å². The van der Waals surface area contributed by atoms with Gasteiger partial charge in [-0.1, -0.05) is 66.4 Å². The van der Waals surface area contributed by atoms with E-state index in [-0.39, 0.29) is 5.56 Å². The van der Waals surface area contributed by atoms with E-state index in [1.54, 1.807) is 16.3 Å². The van der Waals surface area contributed by atoms with E-state index in [2.05, 4.69) is 12.1 Å². The van der Waals surface area contributed by atoms with Crippen LogP contribution in [0.5, 0.6) is 0 Å². The van der Waals surface area contributed by atoms with Crippen LogP contribution >= 0.6 is 11.8 Å². The fourth-order valence-corrected chi connectivity index (χ4v) is 3.89. The lowest BCUT2D eigenvalue weighted by molar-refractivity contribution is 0.819. The van der Waals surface area contributed by atoms with Crippen LogP contribution in [0.15, 0.2) is 88.8 Å². The van der Waals surface area contributed by atoms with Crippen molar-refractivity contribution in [2.24, 2.45) is 0 Å². The molecule has 0 fully saturated rings. The van der Waals surface area contributed by atoms with Gasteiger partial charge in [-0.15, -0.1) is 0 Å². The fraction of sp³-hybridized carbons (Fsp3) is 0.0909. The molecule has 128 valence electrons. The highest BCUT2D eigenvalue weighted by atomic mass is 32.2. The highest BCUT2D eigenvalue weighted by Crippen LogP contribution is 2.24.